The number of ether oxygens (including phenoxy) is 1. The van der Waals surface area contributed by atoms with Gasteiger partial charge in [-0.3, -0.25) is 9.59 Å². The molecular weight excluding hydrogens is 366 g/mol. The molecule has 2 aromatic rings. The van der Waals surface area contributed by atoms with Crippen LogP contribution in [0.4, 0.5) is 14.5 Å². The summed E-state index contributed by atoms with van der Waals surface area (Å²) >= 11 is 0. The second-order valence-electron chi connectivity index (χ2n) is 7.21. The number of morpholine rings is 1. The molecule has 1 spiro atoms. The Balaban J connectivity index is 1.57. The van der Waals surface area contributed by atoms with Crippen molar-refractivity contribution in [3.63, 3.8) is 0 Å². The Kier molecular flexibility index (Phi) is 4.85. The van der Waals surface area contributed by atoms with Crippen molar-refractivity contribution < 1.29 is 23.1 Å². The monoisotopic (exact) mass is 386 g/mol. The maximum Gasteiger partial charge on any atom is 0.259 e. The number of piperidine rings is 1. The molecule has 2 heterocycles. The molecule has 7 heteroatoms. The third-order valence-corrected chi connectivity index (χ3v) is 5.32. The van der Waals surface area contributed by atoms with Crippen molar-refractivity contribution in [1.29, 1.82) is 0 Å². The van der Waals surface area contributed by atoms with E-state index in [1.807, 2.05) is 30.3 Å². The predicted octanol–water partition coefficient (Wildman–Crippen LogP) is 3.00. The van der Waals surface area contributed by atoms with Gasteiger partial charge in [0.05, 0.1) is 13.1 Å². The maximum atomic E-state index is 14.1. The molecule has 2 fully saturated rings. The number of halogens is 2. The predicted molar refractivity (Wildman–Crippen MR) is 99.0 cm³/mol. The van der Waals surface area contributed by atoms with Crippen LogP contribution in [-0.4, -0.2) is 48.6 Å². The smallest absolute Gasteiger partial charge is 0.259 e. The molecule has 2 saturated heterocycles. The first-order valence-corrected chi connectivity index (χ1v) is 9.22. The fraction of sp³-hybridized carbons (Fsp3) is 0.333. The largest absolute Gasteiger partial charge is 0.361 e. The van der Waals surface area contributed by atoms with Gasteiger partial charge in [0.15, 0.2) is 0 Å². The Bertz CT molecular complexity index is 886. The second kappa shape index (κ2) is 7.31. The fourth-order valence-corrected chi connectivity index (χ4v) is 3.94. The first-order chi connectivity index (χ1) is 13.5. The zero-order valence-corrected chi connectivity index (χ0v) is 15.2. The molecule has 28 heavy (non-hydrogen) atoms. The average molecular weight is 386 g/mol. The standard InChI is InChI=1S/C21H20F2N2O3/c22-16-8-4-9-17(23)19(16)20(27)24-11-5-10-21(13-24)14-25(18(26)12-28-21)15-6-2-1-3-7-15/h1-4,6-9H,5,10-14H2. The highest BCUT2D eigenvalue weighted by Crippen LogP contribution is 2.32. The van der Waals surface area contributed by atoms with Gasteiger partial charge in [-0.05, 0) is 37.1 Å². The van der Waals surface area contributed by atoms with Crippen molar-refractivity contribution >= 4 is 17.5 Å². The van der Waals surface area contributed by atoms with Crippen LogP contribution in [0.5, 0.6) is 0 Å². The lowest BCUT2D eigenvalue weighted by molar-refractivity contribution is -0.144. The summed E-state index contributed by atoms with van der Waals surface area (Å²) in [5, 5.41) is 0. The second-order valence-corrected chi connectivity index (χ2v) is 7.21. The number of likely N-dealkylation sites (tertiary alicyclic amines) is 1. The van der Waals surface area contributed by atoms with Gasteiger partial charge in [0.25, 0.3) is 11.8 Å². The number of rotatable bonds is 2. The van der Waals surface area contributed by atoms with Gasteiger partial charge in [-0.25, -0.2) is 8.78 Å². The molecule has 0 radical (unpaired) electrons. The SMILES string of the molecule is O=C(c1c(F)cccc1F)N1CCCC2(C1)CN(c1ccccc1)C(=O)CO2. The molecule has 0 saturated carbocycles. The van der Waals surface area contributed by atoms with E-state index >= 15 is 0 Å². The minimum atomic E-state index is -0.879. The molecule has 1 atom stereocenters. The van der Waals surface area contributed by atoms with Crippen LogP contribution < -0.4 is 4.90 Å². The number of amides is 2. The van der Waals surface area contributed by atoms with Crippen molar-refractivity contribution in [2.75, 3.05) is 31.1 Å². The van der Waals surface area contributed by atoms with E-state index < -0.39 is 28.7 Å². The summed E-state index contributed by atoms with van der Waals surface area (Å²) in [5.74, 6) is -2.60. The van der Waals surface area contributed by atoms with Gasteiger partial charge in [0.2, 0.25) is 0 Å². The number of carbonyl (C=O) groups excluding carboxylic acids is 2. The summed E-state index contributed by atoms with van der Waals surface area (Å²) in [5.41, 5.74) is -0.538. The van der Waals surface area contributed by atoms with Crippen LogP contribution in [0.15, 0.2) is 48.5 Å². The lowest BCUT2D eigenvalue weighted by Crippen LogP contribution is -2.62. The minimum Gasteiger partial charge on any atom is -0.361 e. The topological polar surface area (TPSA) is 49.9 Å². The van der Waals surface area contributed by atoms with Crippen LogP contribution in [0.2, 0.25) is 0 Å². The van der Waals surface area contributed by atoms with Gasteiger partial charge in [0, 0.05) is 12.2 Å². The van der Waals surface area contributed by atoms with Gasteiger partial charge in [-0.15, -0.1) is 0 Å². The molecule has 2 aliphatic rings. The van der Waals surface area contributed by atoms with Crippen molar-refractivity contribution in [1.82, 2.24) is 4.90 Å². The van der Waals surface area contributed by atoms with Crippen LogP contribution in [0, 0.1) is 11.6 Å². The summed E-state index contributed by atoms with van der Waals surface area (Å²) in [7, 11) is 0. The van der Waals surface area contributed by atoms with Crippen LogP contribution in [-0.2, 0) is 9.53 Å². The third-order valence-electron chi connectivity index (χ3n) is 5.32. The number of nitrogens with zero attached hydrogens (tertiary/aromatic N) is 2. The molecule has 0 aliphatic carbocycles. The highest BCUT2D eigenvalue weighted by Gasteiger charge is 2.45. The zero-order valence-electron chi connectivity index (χ0n) is 15.2. The number of carbonyl (C=O) groups is 2. The van der Waals surface area contributed by atoms with Crippen molar-refractivity contribution in [3.8, 4) is 0 Å². The zero-order chi connectivity index (χ0) is 19.7. The summed E-state index contributed by atoms with van der Waals surface area (Å²) in [6, 6.07) is 12.6. The van der Waals surface area contributed by atoms with Crippen molar-refractivity contribution in [2.45, 2.75) is 18.4 Å². The van der Waals surface area contributed by atoms with Crippen molar-refractivity contribution in [3.05, 3.63) is 65.7 Å². The van der Waals surface area contributed by atoms with Gasteiger partial charge >= 0.3 is 0 Å². The van der Waals surface area contributed by atoms with E-state index in [0.29, 0.717) is 25.9 Å². The van der Waals surface area contributed by atoms with E-state index in [2.05, 4.69) is 0 Å². The Morgan fingerprint density at radius 1 is 1.00 bits per heavy atom. The number of hydrogen-bond donors (Lipinski definition) is 0. The van der Waals surface area contributed by atoms with E-state index in [4.69, 9.17) is 4.74 Å². The lowest BCUT2D eigenvalue weighted by atomic mass is 9.90. The summed E-state index contributed by atoms with van der Waals surface area (Å²) < 4.78 is 34.0. The number of para-hydroxylation sites is 1. The molecule has 2 aromatic carbocycles. The maximum absolute atomic E-state index is 14.1. The number of anilines is 1. The van der Waals surface area contributed by atoms with Gasteiger partial charge in [-0.1, -0.05) is 24.3 Å². The van der Waals surface area contributed by atoms with Crippen LogP contribution in [0.1, 0.15) is 23.2 Å². The first kappa shape index (κ1) is 18.6. The van der Waals surface area contributed by atoms with E-state index in [9.17, 15) is 18.4 Å². The Morgan fingerprint density at radius 2 is 1.71 bits per heavy atom. The van der Waals surface area contributed by atoms with Gasteiger partial charge in [-0.2, -0.15) is 0 Å². The summed E-state index contributed by atoms with van der Waals surface area (Å²) in [4.78, 5) is 28.2. The van der Waals surface area contributed by atoms with Gasteiger partial charge < -0.3 is 14.5 Å². The molecule has 0 aromatic heterocycles. The van der Waals surface area contributed by atoms with E-state index in [0.717, 1.165) is 17.8 Å². The molecule has 2 amide bonds. The molecule has 0 bridgehead atoms. The molecule has 4 rings (SSSR count). The Morgan fingerprint density at radius 3 is 2.43 bits per heavy atom. The lowest BCUT2D eigenvalue weighted by Gasteiger charge is -2.47. The minimum absolute atomic E-state index is 0.0923. The summed E-state index contributed by atoms with van der Waals surface area (Å²) in [6.07, 6.45) is 1.28. The highest BCUT2D eigenvalue weighted by atomic mass is 19.1. The number of benzene rings is 2. The highest BCUT2D eigenvalue weighted by molar-refractivity contribution is 5.96. The van der Waals surface area contributed by atoms with E-state index in [-0.39, 0.29) is 19.1 Å². The van der Waals surface area contributed by atoms with Crippen LogP contribution in [0.25, 0.3) is 0 Å². The van der Waals surface area contributed by atoms with Crippen LogP contribution in [0.3, 0.4) is 0 Å². The third kappa shape index (κ3) is 3.38. The van der Waals surface area contributed by atoms with Gasteiger partial charge in [0.1, 0.15) is 29.4 Å². The van der Waals surface area contributed by atoms with E-state index in [1.54, 1.807) is 4.90 Å². The molecule has 146 valence electrons. The Labute approximate surface area is 161 Å². The van der Waals surface area contributed by atoms with E-state index in [1.165, 1.54) is 11.0 Å². The average Bonchev–Trinajstić information content (AvgIpc) is 2.71. The molecule has 5 nitrogen and oxygen atoms in total. The molecule has 1 unspecified atom stereocenters. The summed E-state index contributed by atoms with van der Waals surface area (Å²) in [6.45, 7) is 0.761. The first-order valence-electron chi connectivity index (χ1n) is 9.22. The molecule has 0 N–H and O–H groups in total. The fourth-order valence-electron chi connectivity index (χ4n) is 3.94. The molecular formula is C21H20F2N2O3. The quantitative estimate of drug-likeness (QED) is 0.797. The number of hydrogen-bond acceptors (Lipinski definition) is 3. The Hall–Kier alpha value is -2.80. The molecule has 2 aliphatic heterocycles. The van der Waals surface area contributed by atoms with Crippen molar-refractivity contribution in [2.24, 2.45) is 0 Å². The van der Waals surface area contributed by atoms with Crippen LogP contribution >= 0.6 is 0 Å². The normalized spacial score (nSPS) is 22.6.